The van der Waals surface area contributed by atoms with Crippen molar-refractivity contribution < 1.29 is 17.6 Å². The van der Waals surface area contributed by atoms with E-state index in [2.05, 4.69) is 20.9 Å². The first-order valence-corrected chi connectivity index (χ1v) is 8.24. The topological polar surface area (TPSA) is 17.8 Å². The summed E-state index contributed by atoms with van der Waals surface area (Å²) in [5.41, 5.74) is -3.28. The largest absolute Gasteiger partial charge is 0.441 e. The third kappa shape index (κ3) is 4.26. The number of hydrogen-bond donors (Lipinski definition) is 0. The lowest BCUT2D eigenvalue weighted by Crippen LogP contribution is -2.10. The normalized spacial score (nSPS) is 12.3. The van der Waals surface area contributed by atoms with E-state index in [9.17, 15) is 17.6 Å². The van der Waals surface area contributed by atoms with Gasteiger partial charge in [0, 0.05) is 30.7 Å². The standard InChI is InChI=1S/C12H10BrClF4N2S/c13-7-5-9-10(6-8(7)15)20(11(19-9)1-2-14)3-4-21-12(16,17)18/h5-6H,1-4H2. The van der Waals surface area contributed by atoms with E-state index in [4.69, 9.17) is 11.6 Å². The molecule has 116 valence electrons. The van der Waals surface area contributed by atoms with Crippen LogP contribution in [0.3, 0.4) is 0 Å². The molecule has 2 aromatic rings. The average Bonchev–Trinajstić information content (AvgIpc) is 2.67. The molecule has 0 radical (unpaired) electrons. The third-order valence-corrected chi connectivity index (χ3v) is 4.28. The highest BCUT2D eigenvalue weighted by atomic mass is 79.9. The molecule has 21 heavy (non-hydrogen) atoms. The van der Waals surface area contributed by atoms with Crippen molar-refractivity contribution in [1.29, 1.82) is 0 Å². The number of hydrogen-bond acceptors (Lipinski definition) is 2. The van der Waals surface area contributed by atoms with Crippen molar-refractivity contribution >= 4 is 50.3 Å². The van der Waals surface area contributed by atoms with E-state index in [1.54, 1.807) is 4.57 Å². The molecule has 1 aromatic heterocycles. The highest BCUT2D eigenvalue weighted by Crippen LogP contribution is 2.31. The summed E-state index contributed by atoms with van der Waals surface area (Å²) >= 11 is 8.64. The fourth-order valence-electron chi connectivity index (χ4n) is 1.95. The number of thioether (sulfide) groups is 1. The number of benzene rings is 1. The molecule has 0 saturated carbocycles. The van der Waals surface area contributed by atoms with E-state index in [1.807, 2.05) is 0 Å². The highest BCUT2D eigenvalue weighted by molar-refractivity contribution is 9.10. The van der Waals surface area contributed by atoms with Crippen LogP contribution >= 0.6 is 39.3 Å². The van der Waals surface area contributed by atoms with Crippen LogP contribution in [-0.4, -0.2) is 26.7 Å². The van der Waals surface area contributed by atoms with Crippen LogP contribution in [0.5, 0.6) is 0 Å². The second kappa shape index (κ2) is 6.75. The van der Waals surface area contributed by atoms with E-state index >= 15 is 0 Å². The van der Waals surface area contributed by atoms with Crippen LogP contribution in [-0.2, 0) is 13.0 Å². The number of aromatic nitrogens is 2. The Balaban J connectivity index is 2.34. The van der Waals surface area contributed by atoms with Crippen LogP contribution < -0.4 is 0 Å². The molecule has 0 aliphatic carbocycles. The molecule has 1 aromatic carbocycles. The number of nitrogens with zero attached hydrogens (tertiary/aromatic N) is 2. The number of rotatable bonds is 5. The molecule has 0 atom stereocenters. The molecule has 0 N–H and O–H groups in total. The molecule has 1 heterocycles. The lowest BCUT2D eigenvalue weighted by Gasteiger charge is -2.10. The Hall–Kier alpha value is -0.470. The van der Waals surface area contributed by atoms with E-state index in [-0.39, 0.29) is 28.5 Å². The van der Waals surface area contributed by atoms with Crippen molar-refractivity contribution in [3.63, 3.8) is 0 Å². The summed E-state index contributed by atoms with van der Waals surface area (Å²) in [5, 5.41) is 0. The summed E-state index contributed by atoms with van der Waals surface area (Å²) in [6.07, 6.45) is 0.409. The maximum Gasteiger partial charge on any atom is 0.441 e. The van der Waals surface area contributed by atoms with E-state index in [0.29, 0.717) is 29.2 Å². The van der Waals surface area contributed by atoms with Crippen LogP contribution in [0.25, 0.3) is 11.0 Å². The number of fused-ring (bicyclic) bond motifs is 1. The van der Waals surface area contributed by atoms with Crippen molar-refractivity contribution in [3.05, 3.63) is 28.2 Å². The van der Waals surface area contributed by atoms with Gasteiger partial charge < -0.3 is 4.57 Å². The van der Waals surface area contributed by atoms with Crippen LogP contribution in [0.4, 0.5) is 17.6 Å². The summed E-state index contributed by atoms with van der Waals surface area (Å²) in [4.78, 5) is 4.31. The molecule has 0 aliphatic rings. The smallest absolute Gasteiger partial charge is 0.327 e. The van der Waals surface area contributed by atoms with Crippen molar-refractivity contribution in [2.45, 2.75) is 18.5 Å². The van der Waals surface area contributed by atoms with Gasteiger partial charge in [-0.25, -0.2) is 9.37 Å². The zero-order chi connectivity index (χ0) is 15.6. The Morgan fingerprint density at radius 2 is 2.05 bits per heavy atom. The first-order valence-electron chi connectivity index (χ1n) is 5.92. The SMILES string of the molecule is Fc1cc2c(cc1Br)nc(CCCl)n2CCSC(F)(F)F. The molecular formula is C12H10BrClF4N2S. The first kappa shape index (κ1) is 16.9. The second-order valence-electron chi connectivity index (χ2n) is 4.17. The summed E-state index contributed by atoms with van der Waals surface area (Å²) < 4.78 is 52.1. The monoisotopic (exact) mass is 404 g/mol. The molecule has 0 saturated heterocycles. The minimum Gasteiger partial charge on any atom is -0.327 e. The van der Waals surface area contributed by atoms with Gasteiger partial charge in [-0.3, -0.25) is 0 Å². The predicted molar refractivity (Wildman–Crippen MR) is 80.3 cm³/mol. The number of alkyl halides is 4. The van der Waals surface area contributed by atoms with Crippen LogP contribution in [0, 0.1) is 5.82 Å². The molecule has 0 amide bonds. The molecule has 0 fully saturated rings. The van der Waals surface area contributed by atoms with Gasteiger partial charge in [0.1, 0.15) is 11.6 Å². The van der Waals surface area contributed by atoms with Gasteiger partial charge in [-0.15, -0.1) is 11.6 Å². The second-order valence-corrected chi connectivity index (χ2v) is 6.56. The number of imidazole rings is 1. The first-order chi connectivity index (χ1) is 9.81. The Bertz CT molecular complexity index is 644. The lowest BCUT2D eigenvalue weighted by molar-refractivity contribution is -0.0328. The Morgan fingerprint density at radius 3 is 2.67 bits per heavy atom. The van der Waals surface area contributed by atoms with E-state index in [1.165, 1.54) is 12.1 Å². The zero-order valence-corrected chi connectivity index (χ0v) is 13.7. The van der Waals surface area contributed by atoms with Crippen molar-refractivity contribution in [3.8, 4) is 0 Å². The zero-order valence-electron chi connectivity index (χ0n) is 10.6. The van der Waals surface area contributed by atoms with Crippen molar-refractivity contribution in [2.24, 2.45) is 0 Å². The molecule has 0 unspecified atom stereocenters. The van der Waals surface area contributed by atoms with E-state index in [0.717, 1.165) is 0 Å². The lowest BCUT2D eigenvalue weighted by atomic mass is 10.3. The Kier molecular flexibility index (Phi) is 5.43. The van der Waals surface area contributed by atoms with Crippen molar-refractivity contribution in [2.75, 3.05) is 11.6 Å². The highest BCUT2D eigenvalue weighted by Gasteiger charge is 2.27. The van der Waals surface area contributed by atoms with Gasteiger partial charge in [-0.05, 0) is 33.8 Å². The summed E-state index contributed by atoms with van der Waals surface area (Å²) in [6, 6.07) is 2.78. The quantitative estimate of drug-likeness (QED) is 0.516. The Morgan fingerprint density at radius 1 is 1.33 bits per heavy atom. The van der Waals surface area contributed by atoms with Crippen LogP contribution in [0.15, 0.2) is 16.6 Å². The van der Waals surface area contributed by atoms with Gasteiger partial charge in [-0.1, -0.05) is 0 Å². The third-order valence-electron chi connectivity index (χ3n) is 2.77. The molecule has 0 aliphatic heterocycles. The molecule has 0 spiro atoms. The van der Waals surface area contributed by atoms with Gasteiger partial charge in [-0.2, -0.15) is 13.2 Å². The van der Waals surface area contributed by atoms with Gasteiger partial charge in [0.15, 0.2) is 0 Å². The van der Waals surface area contributed by atoms with Crippen molar-refractivity contribution in [1.82, 2.24) is 9.55 Å². The summed E-state index contributed by atoms with van der Waals surface area (Å²) in [6.45, 7) is 0.0912. The summed E-state index contributed by atoms with van der Waals surface area (Å²) in [5.74, 6) is 0.200. The fraction of sp³-hybridized carbons (Fsp3) is 0.417. The predicted octanol–water partition coefficient (Wildman–Crippen LogP) is 4.97. The molecule has 0 bridgehead atoms. The van der Waals surface area contributed by atoms with Gasteiger partial charge in [0.2, 0.25) is 0 Å². The minimum atomic E-state index is -4.28. The van der Waals surface area contributed by atoms with Crippen LogP contribution in [0.1, 0.15) is 5.82 Å². The average molecular weight is 406 g/mol. The molecule has 9 heteroatoms. The van der Waals surface area contributed by atoms with Gasteiger partial charge in [0.05, 0.1) is 15.5 Å². The van der Waals surface area contributed by atoms with Gasteiger partial charge in [0.25, 0.3) is 0 Å². The molecule has 2 rings (SSSR count). The minimum absolute atomic E-state index is 0.0912. The Labute approximate surface area is 136 Å². The van der Waals surface area contributed by atoms with Gasteiger partial charge >= 0.3 is 5.51 Å². The number of aryl methyl sites for hydroxylation is 2. The molecule has 2 nitrogen and oxygen atoms in total. The van der Waals surface area contributed by atoms with E-state index < -0.39 is 11.3 Å². The fourth-order valence-corrected chi connectivity index (χ4v) is 2.95. The molecular weight excluding hydrogens is 396 g/mol. The maximum atomic E-state index is 13.6. The summed E-state index contributed by atoms with van der Waals surface area (Å²) in [7, 11) is 0. The maximum absolute atomic E-state index is 13.6. The number of halogens is 6. The van der Waals surface area contributed by atoms with Crippen LogP contribution in [0.2, 0.25) is 0 Å².